The van der Waals surface area contributed by atoms with Gasteiger partial charge in [0, 0.05) is 24.6 Å². The second-order valence-electron chi connectivity index (χ2n) is 6.38. The predicted molar refractivity (Wildman–Crippen MR) is 96.5 cm³/mol. The maximum absolute atomic E-state index is 12.3. The molecule has 1 amide bonds. The van der Waals surface area contributed by atoms with Gasteiger partial charge >= 0.3 is 0 Å². The summed E-state index contributed by atoms with van der Waals surface area (Å²) in [6.07, 6.45) is 6.38. The normalized spacial score (nSPS) is 21.4. The first kappa shape index (κ1) is 16.5. The molecule has 126 valence electrons. The number of nitrogens with one attached hydrogen (secondary N) is 1. The number of para-hydroxylation sites is 2. The van der Waals surface area contributed by atoms with Gasteiger partial charge in [-0.25, -0.2) is 0 Å². The van der Waals surface area contributed by atoms with Crippen molar-refractivity contribution >= 4 is 23.4 Å². The zero-order chi connectivity index (χ0) is 16.1. The van der Waals surface area contributed by atoms with Crippen LogP contribution in [0, 0.1) is 0 Å². The first-order chi connectivity index (χ1) is 11.2. The minimum atomic E-state index is -0.422. The van der Waals surface area contributed by atoms with Crippen molar-refractivity contribution in [2.24, 2.45) is 0 Å². The Hall–Kier alpha value is -1.36. The molecule has 23 heavy (non-hydrogen) atoms. The van der Waals surface area contributed by atoms with Crippen LogP contribution in [0.1, 0.15) is 32.1 Å². The maximum Gasteiger partial charge on any atom is 0.262 e. The number of likely N-dealkylation sites (N-methyl/N-ethyl adjacent to an activating group) is 1. The average molecular weight is 334 g/mol. The van der Waals surface area contributed by atoms with E-state index in [-0.39, 0.29) is 5.91 Å². The highest BCUT2D eigenvalue weighted by molar-refractivity contribution is 7.99. The molecule has 5 heteroatoms. The lowest BCUT2D eigenvalue weighted by atomic mass is 10.0. The Morgan fingerprint density at radius 3 is 2.91 bits per heavy atom. The number of benzene rings is 1. The lowest BCUT2D eigenvalue weighted by Crippen LogP contribution is -2.48. The number of amides is 1. The fourth-order valence-electron chi connectivity index (χ4n) is 3.29. The summed E-state index contributed by atoms with van der Waals surface area (Å²) in [7, 11) is 2.00. The molecule has 1 saturated carbocycles. The minimum Gasteiger partial charge on any atom is -0.477 e. The summed E-state index contributed by atoms with van der Waals surface area (Å²) in [5, 5.41) is 3.83. The zero-order valence-corrected chi connectivity index (χ0v) is 14.6. The van der Waals surface area contributed by atoms with E-state index in [1.807, 2.05) is 43.1 Å². The van der Waals surface area contributed by atoms with Gasteiger partial charge in [-0.15, -0.1) is 0 Å². The summed E-state index contributed by atoms with van der Waals surface area (Å²) >= 11 is 2.01. The Morgan fingerprint density at radius 1 is 1.30 bits per heavy atom. The standard InChI is InChI=1S/C18H26N2O2S/c1-20-13-17(22-16-10-6-5-9-15(16)20)18(21)19-11-12-23-14-7-3-2-4-8-14/h5-6,9-10,14,17H,2-4,7-8,11-13H2,1H3,(H,19,21). The van der Waals surface area contributed by atoms with Gasteiger partial charge in [-0.05, 0) is 25.0 Å². The molecule has 0 aromatic heterocycles. The smallest absolute Gasteiger partial charge is 0.262 e. The highest BCUT2D eigenvalue weighted by atomic mass is 32.2. The fourth-order valence-corrected chi connectivity index (χ4v) is 4.51. The molecule has 1 unspecified atom stereocenters. The molecule has 1 aliphatic heterocycles. The molecule has 1 N–H and O–H groups in total. The van der Waals surface area contributed by atoms with Crippen molar-refractivity contribution in [1.82, 2.24) is 5.32 Å². The van der Waals surface area contributed by atoms with Gasteiger partial charge in [0.25, 0.3) is 5.91 Å². The number of hydrogen-bond acceptors (Lipinski definition) is 4. The van der Waals surface area contributed by atoms with Gasteiger partial charge in [-0.2, -0.15) is 11.8 Å². The van der Waals surface area contributed by atoms with Gasteiger partial charge in [0.2, 0.25) is 0 Å². The molecule has 1 aromatic carbocycles. The number of thioether (sulfide) groups is 1. The topological polar surface area (TPSA) is 41.6 Å². The number of hydrogen-bond donors (Lipinski definition) is 1. The van der Waals surface area contributed by atoms with Crippen molar-refractivity contribution in [3.05, 3.63) is 24.3 Å². The lowest BCUT2D eigenvalue weighted by molar-refractivity contribution is -0.127. The van der Waals surface area contributed by atoms with Crippen molar-refractivity contribution in [3.8, 4) is 5.75 Å². The second-order valence-corrected chi connectivity index (χ2v) is 7.78. The minimum absolute atomic E-state index is 0.00408. The van der Waals surface area contributed by atoms with Gasteiger partial charge < -0.3 is 15.0 Å². The maximum atomic E-state index is 12.3. The van der Waals surface area contributed by atoms with Crippen molar-refractivity contribution in [1.29, 1.82) is 0 Å². The van der Waals surface area contributed by atoms with Crippen LogP contribution in [0.2, 0.25) is 0 Å². The molecular formula is C18H26N2O2S. The van der Waals surface area contributed by atoms with Gasteiger partial charge in [0.15, 0.2) is 6.10 Å². The monoisotopic (exact) mass is 334 g/mol. The highest BCUT2D eigenvalue weighted by Gasteiger charge is 2.28. The zero-order valence-electron chi connectivity index (χ0n) is 13.8. The molecule has 1 heterocycles. The van der Waals surface area contributed by atoms with E-state index in [0.717, 1.165) is 29.0 Å². The Bertz CT molecular complexity index is 532. The summed E-state index contributed by atoms with van der Waals surface area (Å²) < 4.78 is 5.85. The predicted octanol–water partition coefficient (Wildman–Crippen LogP) is 3.07. The number of ether oxygens (including phenoxy) is 1. The van der Waals surface area contributed by atoms with Crippen molar-refractivity contribution < 1.29 is 9.53 Å². The van der Waals surface area contributed by atoms with E-state index in [4.69, 9.17) is 4.74 Å². The highest BCUT2D eigenvalue weighted by Crippen LogP contribution is 2.32. The molecule has 2 aliphatic rings. The SMILES string of the molecule is CN1CC(C(=O)NCCSC2CCCCC2)Oc2ccccc21. The van der Waals surface area contributed by atoms with E-state index in [0.29, 0.717) is 6.54 Å². The number of nitrogens with zero attached hydrogens (tertiary/aromatic N) is 1. The first-order valence-electron chi connectivity index (χ1n) is 8.60. The largest absolute Gasteiger partial charge is 0.477 e. The number of carbonyl (C=O) groups excluding carboxylic acids is 1. The molecule has 4 nitrogen and oxygen atoms in total. The Balaban J connectivity index is 1.42. The first-order valence-corrected chi connectivity index (χ1v) is 9.65. The second kappa shape index (κ2) is 7.95. The van der Waals surface area contributed by atoms with Crippen LogP contribution in [0.25, 0.3) is 0 Å². The quantitative estimate of drug-likeness (QED) is 0.840. The number of anilines is 1. The van der Waals surface area contributed by atoms with E-state index >= 15 is 0 Å². The molecule has 0 bridgehead atoms. The van der Waals surface area contributed by atoms with Crippen LogP contribution in [0.5, 0.6) is 5.75 Å². The van der Waals surface area contributed by atoms with Crippen molar-refractivity contribution in [2.75, 3.05) is 30.8 Å². The van der Waals surface area contributed by atoms with E-state index < -0.39 is 6.10 Å². The number of fused-ring (bicyclic) bond motifs is 1. The summed E-state index contributed by atoms with van der Waals surface area (Å²) in [6, 6.07) is 7.86. The summed E-state index contributed by atoms with van der Waals surface area (Å²) in [6.45, 7) is 1.32. The van der Waals surface area contributed by atoms with Crippen LogP contribution in [-0.2, 0) is 4.79 Å². The third-order valence-electron chi connectivity index (χ3n) is 4.58. The molecular weight excluding hydrogens is 308 g/mol. The van der Waals surface area contributed by atoms with Gasteiger partial charge in [-0.3, -0.25) is 4.79 Å². The van der Waals surface area contributed by atoms with Crippen LogP contribution in [0.4, 0.5) is 5.69 Å². The van der Waals surface area contributed by atoms with E-state index in [9.17, 15) is 4.79 Å². The Kier molecular flexibility index (Phi) is 5.70. The van der Waals surface area contributed by atoms with Crippen LogP contribution >= 0.6 is 11.8 Å². The van der Waals surface area contributed by atoms with E-state index in [1.54, 1.807) is 0 Å². The summed E-state index contributed by atoms with van der Waals surface area (Å²) in [5.41, 5.74) is 1.05. The van der Waals surface area contributed by atoms with Gasteiger partial charge in [0.1, 0.15) is 5.75 Å². The number of rotatable bonds is 5. The summed E-state index contributed by atoms with van der Waals surface area (Å²) in [4.78, 5) is 14.4. The molecule has 1 atom stereocenters. The Morgan fingerprint density at radius 2 is 2.09 bits per heavy atom. The van der Waals surface area contributed by atoms with Crippen molar-refractivity contribution in [2.45, 2.75) is 43.5 Å². The van der Waals surface area contributed by atoms with Gasteiger partial charge in [-0.1, -0.05) is 31.4 Å². The summed E-state index contributed by atoms with van der Waals surface area (Å²) in [5.74, 6) is 1.78. The Labute approximate surface area is 143 Å². The third-order valence-corrected chi connectivity index (χ3v) is 5.97. The molecule has 1 fully saturated rings. The molecule has 0 spiro atoms. The molecule has 1 aromatic rings. The van der Waals surface area contributed by atoms with Crippen LogP contribution in [-0.4, -0.2) is 43.2 Å². The lowest BCUT2D eigenvalue weighted by Gasteiger charge is -2.33. The van der Waals surface area contributed by atoms with E-state index in [1.165, 1.54) is 32.1 Å². The molecule has 1 aliphatic carbocycles. The molecule has 3 rings (SSSR count). The van der Waals surface area contributed by atoms with Crippen molar-refractivity contribution in [3.63, 3.8) is 0 Å². The average Bonchev–Trinajstić information content (AvgIpc) is 2.59. The van der Waals surface area contributed by atoms with Crippen LogP contribution in [0.15, 0.2) is 24.3 Å². The van der Waals surface area contributed by atoms with Crippen LogP contribution < -0.4 is 15.0 Å². The van der Waals surface area contributed by atoms with Crippen LogP contribution in [0.3, 0.4) is 0 Å². The van der Waals surface area contributed by atoms with Gasteiger partial charge in [0.05, 0.1) is 12.2 Å². The van der Waals surface area contributed by atoms with E-state index in [2.05, 4.69) is 10.2 Å². The number of carbonyl (C=O) groups is 1. The fraction of sp³-hybridized carbons (Fsp3) is 0.611. The molecule has 0 saturated heterocycles. The molecule has 0 radical (unpaired) electrons. The third kappa shape index (κ3) is 4.34.